The summed E-state index contributed by atoms with van der Waals surface area (Å²) >= 11 is 0. The van der Waals surface area contributed by atoms with Crippen molar-refractivity contribution in [1.29, 1.82) is 0 Å². The quantitative estimate of drug-likeness (QED) is 0.623. The average molecular weight is 156 g/mol. The fourth-order valence-electron chi connectivity index (χ4n) is 0.970. The minimum absolute atomic E-state index is 0.203. The van der Waals surface area contributed by atoms with E-state index in [0.29, 0.717) is 0 Å². The van der Waals surface area contributed by atoms with Crippen LogP contribution in [-0.2, 0) is 0 Å². The standard InChI is InChI=1S/C10H20O/c1-6-8(2)9(11)7-10(3,4)5/h6,8-9,11H,1,7H2,2-5H3/t8-,9+/m0/s1. The molecule has 2 atom stereocenters. The van der Waals surface area contributed by atoms with Crippen LogP contribution in [0.3, 0.4) is 0 Å². The minimum Gasteiger partial charge on any atom is -0.393 e. The lowest BCUT2D eigenvalue weighted by Crippen LogP contribution is -2.22. The van der Waals surface area contributed by atoms with E-state index in [1.807, 2.05) is 6.92 Å². The first kappa shape index (κ1) is 10.7. The highest BCUT2D eigenvalue weighted by molar-refractivity contribution is 4.83. The van der Waals surface area contributed by atoms with Gasteiger partial charge in [-0.25, -0.2) is 0 Å². The summed E-state index contributed by atoms with van der Waals surface area (Å²) in [5, 5.41) is 9.58. The third-order valence-electron chi connectivity index (χ3n) is 1.80. The molecule has 0 aliphatic carbocycles. The Labute approximate surface area is 70.1 Å². The number of aliphatic hydroxyl groups is 1. The van der Waals surface area contributed by atoms with Gasteiger partial charge in [-0.05, 0) is 17.8 Å². The second-order valence-corrected chi connectivity index (χ2v) is 4.43. The lowest BCUT2D eigenvalue weighted by Gasteiger charge is -2.24. The normalized spacial score (nSPS) is 17.5. The van der Waals surface area contributed by atoms with Crippen LogP contribution in [0.5, 0.6) is 0 Å². The Hall–Kier alpha value is -0.300. The maximum Gasteiger partial charge on any atom is 0.0605 e. The van der Waals surface area contributed by atoms with Gasteiger partial charge in [0.2, 0.25) is 0 Å². The predicted octanol–water partition coefficient (Wildman–Crippen LogP) is 2.61. The number of hydrogen-bond donors (Lipinski definition) is 1. The van der Waals surface area contributed by atoms with Crippen LogP contribution >= 0.6 is 0 Å². The smallest absolute Gasteiger partial charge is 0.0605 e. The van der Waals surface area contributed by atoms with Gasteiger partial charge in [0.1, 0.15) is 0 Å². The van der Waals surface area contributed by atoms with Crippen LogP contribution in [0.25, 0.3) is 0 Å². The first-order valence-electron chi connectivity index (χ1n) is 4.17. The van der Waals surface area contributed by atoms with Gasteiger partial charge in [-0.2, -0.15) is 0 Å². The van der Waals surface area contributed by atoms with Gasteiger partial charge in [-0.1, -0.05) is 33.8 Å². The van der Waals surface area contributed by atoms with E-state index in [1.54, 1.807) is 6.08 Å². The van der Waals surface area contributed by atoms with Crippen molar-refractivity contribution in [3.8, 4) is 0 Å². The molecule has 0 aliphatic rings. The summed E-state index contributed by atoms with van der Waals surface area (Å²) in [6.07, 6.45) is 2.39. The van der Waals surface area contributed by atoms with E-state index in [9.17, 15) is 5.11 Å². The van der Waals surface area contributed by atoms with Crippen LogP contribution in [0.15, 0.2) is 12.7 Å². The molecule has 1 nitrogen and oxygen atoms in total. The maximum absolute atomic E-state index is 9.58. The monoisotopic (exact) mass is 156 g/mol. The van der Waals surface area contributed by atoms with E-state index in [0.717, 1.165) is 6.42 Å². The molecule has 66 valence electrons. The molecule has 0 unspecified atom stereocenters. The molecule has 0 rings (SSSR count). The van der Waals surface area contributed by atoms with Crippen molar-refractivity contribution >= 4 is 0 Å². The summed E-state index contributed by atoms with van der Waals surface area (Å²) in [7, 11) is 0. The van der Waals surface area contributed by atoms with E-state index >= 15 is 0 Å². The van der Waals surface area contributed by atoms with Gasteiger partial charge in [0.25, 0.3) is 0 Å². The molecular weight excluding hydrogens is 136 g/mol. The Morgan fingerprint density at radius 2 is 1.91 bits per heavy atom. The molecule has 0 amide bonds. The summed E-state index contributed by atoms with van der Waals surface area (Å²) in [6.45, 7) is 12.0. The molecule has 0 bridgehead atoms. The molecule has 1 heteroatoms. The van der Waals surface area contributed by atoms with Crippen molar-refractivity contribution in [3.63, 3.8) is 0 Å². The van der Waals surface area contributed by atoms with Gasteiger partial charge in [-0.3, -0.25) is 0 Å². The van der Waals surface area contributed by atoms with Crippen LogP contribution in [-0.4, -0.2) is 11.2 Å². The summed E-state index contributed by atoms with van der Waals surface area (Å²) in [5.74, 6) is 0.203. The molecule has 11 heavy (non-hydrogen) atoms. The lowest BCUT2D eigenvalue weighted by molar-refractivity contribution is 0.0905. The van der Waals surface area contributed by atoms with Crippen LogP contribution in [0.2, 0.25) is 0 Å². The van der Waals surface area contributed by atoms with Gasteiger partial charge < -0.3 is 5.11 Å². The predicted molar refractivity (Wildman–Crippen MR) is 49.4 cm³/mol. The number of rotatable bonds is 3. The molecule has 0 aliphatic heterocycles. The van der Waals surface area contributed by atoms with Crippen LogP contribution < -0.4 is 0 Å². The first-order chi connectivity index (χ1) is 4.87. The Balaban J connectivity index is 3.86. The van der Waals surface area contributed by atoms with Gasteiger partial charge >= 0.3 is 0 Å². The molecule has 0 spiro atoms. The Morgan fingerprint density at radius 1 is 1.45 bits per heavy atom. The van der Waals surface area contributed by atoms with Crippen LogP contribution in [0.4, 0.5) is 0 Å². The van der Waals surface area contributed by atoms with Crippen molar-refractivity contribution in [2.24, 2.45) is 11.3 Å². The van der Waals surface area contributed by atoms with Gasteiger partial charge in [-0.15, -0.1) is 6.58 Å². The average Bonchev–Trinajstić information content (AvgIpc) is 1.82. The van der Waals surface area contributed by atoms with Crippen molar-refractivity contribution in [2.45, 2.75) is 40.2 Å². The van der Waals surface area contributed by atoms with Crippen LogP contribution in [0.1, 0.15) is 34.1 Å². The molecule has 1 N–H and O–H groups in total. The van der Waals surface area contributed by atoms with E-state index in [1.165, 1.54) is 0 Å². The van der Waals surface area contributed by atoms with Crippen LogP contribution in [0, 0.1) is 11.3 Å². The topological polar surface area (TPSA) is 20.2 Å². The maximum atomic E-state index is 9.58. The summed E-state index contributed by atoms with van der Waals surface area (Å²) in [5.41, 5.74) is 0.205. The number of aliphatic hydroxyl groups excluding tert-OH is 1. The highest BCUT2D eigenvalue weighted by Crippen LogP contribution is 2.24. The van der Waals surface area contributed by atoms with E-state index < -0.39 is 0 Å². The van der Waals surface area contributed by atoms with E-state index in [-0.39, 0.29) is 17.4 Å². The fourth-order valence-corrected chi connectivity index (χ4v) is 0.970. The van der Waals surface area contributed by atoms with Crippen molar-refractivity contribution in [2.75, 3.05) is 0 Å². The van der Waals surface area contributed by atoms with Gasteiger partial charge in [0, 0.05) is 0 Å². The highest BCUT2D eigenvalue weighted by atomic mass is 16.3. The third kappa shape index (κ3) is 5.02. The first-order valence-corrected chi connectivity index (χ1v) is 4.17. The molecule has 0 radical (unpaired) electrons. The van der Waals surface area contributed by atoms with Gasteiger partial charge in [0.15, 0.2) is 0 Å². The SMILES string of the molecule is C=C[C@H](C)[C@H](O)CC(C)(C)C. The fraction of sp³-hybridized carbons (Fsp3) is 0.800. The summed E-state index contributed by atoms with van der Waals surface area (Å²) < 4.78 is 0. The zero-order valence-electron chi connectivity index (χ0n) is 8.09. The van der Waals surface area contributed by atoms with E-state index in [2.05, 4.69) is 27.4 Å². The highest BCUT2D eigenvalue weighted by Gasteiger charge is 2.19. The molecule has 0 aromatic rings. The largest absolute Gasteiger partial charge is 0.393 e. The Morgan fingerprint density at radius 3 is 2.18 bits per heavy atom. The molecule has 0 heterocycles. The van der Waals surface area contributed by atoms with Crippen molar-refractivity contribution in [1.82, 2.24) is 0 Å². The Bertz CT molecular complexity index is 121. The summed E-state index contributed by atoms with van der Waals surface area (Å²) in [6, 6.07) is 0. The molecule has 0 saturated heterocycles. The lowest BCUT2D eigenvalue weighted by atomic mass is 9.85. The zero-order valence-corrected chi connectivity index (χ0v) is 8.09. The molecule has 0 saturated carbocycles. The second kappa shape index (κ2) is 3.91. The Kier molecular flexibility index (Phi) is 3.81. The second-order valence-electron chi connectivity index (χ2n) is 4.43. The van der Waals surface area contributed by atoms with Gasteiger partial charge in [0.05, 0.1) is 6.10 Å². The zero-order chi connectivity index (χ0) is 9.07. The van der Waals surface area contributed by atoms with E-state index in [4.69, 9.17) is 0 Å². The van der Waals surface area contributed by atoms with Crippen molar-refractivity contribution < 1.29 is 5.11 Å². The molecular formula is C10H20O. The molecule has 0 aromatic carbocycles. The third-order valence-corrected chi connectivity index (χ3v) is 1.80. The van der Waals surface area contributed by atoms with Crippen molar-refractivity contribution in [3.05, 3.63) is 12.7 Å². The molecule has 0 aromatic heterocycles. The summed E-state index contributed by atoms with van der Waals surface area (Å²) in [4.78, 5) is 0. The molecule has 0 fully saturated rings. The number of hydrogen-bond acceptors (Lipinski definition) is 1. The minimum atomic E-state index is -0.243.